The average Bonchev–Trinajstić information content (AvgIpc) is 2.70. The summed E-state index contributed by atoms with van der Waals surface area (Å²) in [5.74, 6) is 0.330. The molecule has 0 fully saturated rings. The molecular weight excluding hydrogens is 316 g/mol. The fourth-order valence-electron chi connectivity index (χ4n) is 3.47. The second kappa shape index (κ2) is 13.6. The van der Waals surface area contributed by atoms with E-state index in [4.69, 9.17) is 4.74 Å². The van der Waals surface area contributed by atoms with Crippen molar-refractivity contribution in [3.8, 4) is 0 Å². The third-order valence-corrected chi connectivity index (χ3v) is 5.08. The van der Waals surface area contributed by atoms with Crippen molar-refractivity contribution in [1.29, 1.82) is 0 Å². The Bertz CT molecular complexity index is 509. The maximum atomic E-state index is 6.06. The second-order valence-electron chi connectivity index (χ2n) is 7.28. The van der Waals surface area contributed by atoms with Crippen molar-refractivity contribution in [2.75, 3.05) is 13.2 Å². The summed E-state index contributed by atoms with van der Waals surface area (Å²) in [5.41, 5.74) is 2.68. The van der Waals surface area contributed by atoms with Crippen LogP contribution in [-0.4, -0.2) is 13.2 Å². The van der Waals surface area contributed by atoms with Gasteiger partial charge >= 0.3 is 0 Å². The van der Waals surface area contributed by atoms with Crippen molar-refractivity contribution in [3.05, 3.63) is 71.8 Å². The van der Waals surface area contributed by atoms with E-state index < -0.39 is 0 Å². The van der Waals surface area contributed by atoms with Gasteiger partial charge in [0.05, 0.1) is 6.61 Å². The van der Waals surface area contributed by atoms with E-state index in [9.17, 15) is 0 Å². The number of benzene rings is 2. The molecule has 0 atom stereocenters. The molecule has 0 saturated carbocycles. The maximum absolute atomic E-state index is 6.06. The molecule has 142 valence electrons. The minimum Gasteiger partial charge on any atom is -0.380 e. The summed E-state index contributed by atoms with van der Waals surface area (Å²) >= 11 is 0. The second-order valence-corrected chi connectivity index (χ2v) is 7.28. The Morgan fingerprint density at radius 1 is 0.615 bits per heavy atom. The van der Waals surface area contributed by atoms with Gasteiger partial charge in [-0.2, -0.15) is 0 Å². The van der Waals surface area contributed by atoms with Gasteiger partial charge in [-0.05, 0) is 17.5 Å². The number of unbranched alkanes of at least 4 members (excludes halogenated alkanes) is 8. The largest absolute Gasteiger partial charge is 0.380 e. The topological polar surface area (TPSA) is 9.23 Å². The standard InChI is InChI=1S/C25H36O/c1-2-3-4-5-6-7-8-9-16-21-26-22-25(23-17-12-10-13-18-23)24-19-14-11-15-20-24/h10-15,17-20,25H,2-9,16,21-22H2,1H3. The van der Waals surface area contributed by atoms with Crippen LogP contribution in [-0.2, 0) is 4.74 Å². The quantitative estimate of drug-likeness (QED) is 0.323. The highest BCUT2D eigenvalue weighted by Gasteiger charge is 2.13. The van der Waals surface area contributed by atoms with Crippen LogP contribution in [0, 0.1) is 0 Å². The number of hydrogen-bond donors (Lipinski definition) is 0. The Morgan fingerprint density at radius 3 is 1.58 bits per heavy atom. The molecular formula is C25H36O. The van der Waals surface area contributed by atoms with Crippen LogP contribution in [0.5, 0.6) is 0 Å². The van der Waals surface area contributed by atoms with Crippen molar-refractivity contribution < 1.29 is 4.74 Å². The van der Waals surface area contributed by atoms with E-state index >= 15 is 0 Å². The molecule has 0 heterocycles. The van der Waals surface area contributed by atoms with E-state index in [1.54, 1.807) is 0 Å². The molecule has 0 spiro atoms. The molecule has 2 rings (SSSR count). The lowest BCUT2D eigenvalue weighted by Gasteiger charge is -2.18. The molecule has 0 N–H and O–H groups in total. The average molecular weight is 353 g/mol. The van der Waals surface area contributed by atoms with Gasteiger partial charge in [0.2, 0.25) is 0 Å². The Balaban J connectivity index is 1.64. The van der Waals surface area contributed by atoms with E-state index in [-0.39, 0.29) is 0 Å². The smallest absolute Gasteiger partial charge is 0.0575 e. The molecule has 0 aromatic heterocycles. The van der Waals surface area contributed by atoms with Crippen molar-refractivity contribution in [2.24, 2.45) is 0 Å². The summed E-state index contributed by atoms with van der Waals surface area (Å²) in [6.45, 7) is 3.93. The Hall–Kier alpha value is -1.60. The summed E-state index contributed by atoms with van der Waals surface area (Å²) in [4.78, 5) is 0. The van der Waals surface area contributed by atoms with Crippen molar-refractivity contribution in [2.45, 2.75) is 70.6 Å². The molecule has 2 aromatic carbocycles. The molecule has 0 amide bonds. The van der Waals surface area contributed by atoms with E-state index in [1.807, 2.05) is 0 Å². The first-order valence-corrected chi connectivity index (χ1v) is 10.6. The molecule has 0 unspecified atom stereocenters. The SMILES string of the molecule is CCCCCCCCCCCOCC(c1ccccc1)c1ccccc1. The Kier molecular flexibility index (Phi) is 10.8. The normalized spacial score (nSPS) is 11.2. The fraction of sp³-hybridized carbons (Fsp3) is 0.520. The number of rotatable bonds is 14. The van der Waals surface area contributed by atoms with Crippen LogP contribution >= 0.6 is 0 Å². The predicted molar refractivity (Wildman–Crippen MR) is 113 cm³/mol. The highest BCUT2D eigenvalue weighted by atomic mass is 16.5. The van der Waals surface area contributed by atoms with Crippen LogP contribution in [0.3, 0.4) is 0 Å². The van der Waals surface area contributed by atoms with Gasteiger partial charge in [-0.3, -0.25) is 0 Å². The van der Waals surface area contributed by atoms with Crippen LogP contribution in [0.2, 0.25) is 0 Å². The number of hydrogen-bond acceptors (Lipinski definition) is 1. The van der Waals surface area contributed by atoms with Gasteiger partial charge in [0, 0.05) is 12.5 Å². The minimum absolute atomic E-state index is 0.330. The molecule has 0 bridgehead atoms. The van der Waals surface area contributed by atoms with Crippen molar-refractivity contribution in [3.63, 3.8) is 0 Å². The van der Waals surface area contributed by atoms with E-state index in [1.165, 1.54) is 68.9 Å². The third-order valence-electron chi connectivity index (χ3n) is 5.08. The van der Waals surface area contributed by atoms with Gasteiger partial charge in [-0.1, -0.05) is 119 Å². The monoisotopic (exact) mass is 352 g/mol. The van der Waals surface area contributed by atoms with Crippen LogP contribution in [0.4, 0.5) is 0 Å². The highest BCUT2D eigenvalue weighted by molar-refractivity contribution is 5.32. The summed E-state index contributed by atoms with van der Waals surface area (Å²) in [6.07, 6.45) is 12.2. The number of ether oxygens (including phenoxy) is 1. The van der Waals surface area contributed by atoms with Crippen LogP contribution in [0.15, 0.2) is 60.7 Å². The lowest BCUT2D eigenvalue weighted by Crippen LogP contribution is -2.10. The lowest BCUT2D eigenvalue weighted by molar-refractivity contribution is 0.123. The van der Waals surface area contributed by atoms with Crippen LogP contribution in [0.1, 0.15) is 81.8 Å². The lowest BCUT2D eigenvalue weighted by atomic mass is 9.92. The van der Waals surface area contributed by atoms with Crippen LogP contribution < -0.4 is 0 Å². The van der Waals surface area contributed by atoms with Gasteiger partial charge in [0.25, 0.3) is 0 Å². The maximum Gasteiger partial charge on any atom is 0.0575 e. The Morgan fingerprint density at radius 2 is 1.08 bits per heavy atom. The third kappa shape index (κ3) is 8.19. The van der Waals surface area contributed by atoms with Gasteiger partial charge < -0.3 is 4.74 Å². The zero-order chi connectivity index (χ0) is 18.3. The van der Waals surface area contributed by atoms with Crippen molar-refractivity contribution >= 4 is 0 Å². The van der Waals surface area contributed by atoms with Crippen LogP contribution in [0.25, 0.3) is 0 Å². The van der Waals surface area contributed by atoms with Gasteiger partial charge in [0.15, 0.2) is 0 Å². The summed E-state index contributed by atoms with van der Waals surface area (Å²) in [7, 11) is 0. The predicted octanol–water partition coefficient (Wildman–Crippen LogP) is 7.37. The minimum atomic E-state index is 0.330. The summed E-state index contributed by atoms with van der Waals surface area (Å²) in [6, 6.07) is 21.5. The van der Waals surface area contributed by atoms with Gasteiger partial charge in [-0.15, -0.1) is 0 Å². The zero-order valence-corrected chi connectivity index (χ0v) is 16.5. The first-order chi connectivity index (χ1) is 12.9. The first kappa shape index (κ1) is 20.7. The van der Waals surface area contributed by atoms with E-state index in [0.717, 1.165) is 13.2 Å². The highest BCUT2D eigenvalue weighted by Crippen LogP contribution is 2.24. The molecule has 0 aliphatic carbocycles. The summed E-state index contributed by atoms with van der Waals surface area (Å²) < 4.78 is 6.06. The molecule has 0 aliphatic heterocycles. The Labute approximate surface area is 160 Å². The fourth-order valence-corrected chi connectivity index (χ4v) is 3.47. The van der Waals surface area contributed by atoms with E-state index in [0.29, 0.717) is 5.92 Å². The molecule has 0 saturated heterocycles. The van der Waals surface area contributed by atoms with Crippen molar-refractivity contribution in [1.82, 2.24) is 0 Å². The van der Waals surface area contributed by atoms with E-state index in [2.05, 4.69) is 67.6 Å². The molecule has 1 nitrogen and oxygen atoms in total. The molecule has 0 aliphatic rings. The summed E-state index contributed by atoms with van der Waals surface area (Å²) in [5, 5.41) is 0. The molecule has 2 aromatic rings. The molecule has 26 heavy (non-hydrogen) atoms. The van der Waals surface area contributed by atoms with Gasteiger partial charge in [0.1, 0.15) is 0 Å². The molecule has 1 heteroatoms. The molecule has 0 radical (unpaired) electrons. The zero-order valence-electron chi connectivity index (χ0n) is 16.5. The first-order valence-electron chi connectivity index (χ1n) is 10.6. The van der Waals surface area contributed by atoms with Gasteiger partial charge in [-0.25, -0.2) is 0 Å².